The number of allylic oxidation sites excluding steroid dienone is 1. The topological polar surface area (TPSA) is 26.3 Å². The average molecular weight is 433 g/mol. The van der Waals surface area contributed by atoms with E-state index < -0.39 is 0 Å². The number of hydrogen-bond acceptors (Lipinski definition) is 2. The predicted octanol–water partition coefficient (Wildman–Crippen LogP) is 6.73. The molecule has 2 aliphatic carbocycles. The second-order valence-corrected chi connectivity index (χ2v) is 9.61. The summed E-state index contributed by atoms with van der Waals surface area (Å²) in [5.74, 6) is -0.451. The van der Waals surface area contributed by atoms with Crippen LogP contribution in [0.1, 0.15) is 49.0 Å². The molecule has 0 saturated heterocycles. The third-order valence-corrected chi connectivity index (χ3v) is 6.66. The van der Waals surface area contributed by atoms with Gasteiger partial charge in [0.25, 0.3) is 0 Å². The summed E-state index contributed by atoms with van der Waals surface area (Å²) in [7, 11) is 0. The summed E-state index contributed by atoms with van der Waals surface area (Å²) < 4.78 is 19.4. The zero-order valence-corrected chi connectivity index (χ0v) is 17.9. The van der Waals surface area contributed by atoms with E-state index in [-0.39, 0.29) is 45.6 Å². The number of fused-ring (bicyclic) bond motifs is 1. The lowest BCUT2D eigenvalue weighted by atomic mass is 9.94. The minimum atomic E-state index is -0.267. The van der Waals surface area contributed by atoms with Crippen LogP contribution < -0.4 is 0 Å². The molecule has 0 bridgehead atoms. The van der Waals surface area contributed by atoms with Crippen LogP contribution in [0.15, 0.2) is 59.1 Å². The summed E-state index contributed by atoms with van der Waals surface area (Å²) in [6.07, 6.45) is 2.98. The Balaban J connectivity index is 1.50. The molecular formula is C24H23Cl2FO2. The van der Waals surface area contributed by atoms with Gasteiger partial charge in [0, 0.05) is 0 Å². The lowest BCUT2D eigenvalue weighted by Gasteiger charge is -2.15. The van der Waals surface area contributed by atoms with Crippen molar-refractivity contribution in [1.29, 1.82) is 0 Å². The molecule has 1 fully saturated rings. The summed E-state index contributed by atoms with van der Waals surface area (Å²) in [6.45, 7) is 4.05. The van der Waals surface area contributed by atoms with E-state index in [1.54, 1.807) is 6.08 Å². The van der Waals surface area contributed by atoms with Gasteiger partial charge in [-0.25, -0.2) is 4.39 Å². The fourth-order valence-corrected chi connectivity index (χ4v) is 4.96. The third kappa shape index (κ3) is 4.08. The Morgan fingerprint density at radius 3 is 2.45 bits per heavy atom. The maximum absolute atomic E-state index is 13.2. The van der Waals surface area contributed by atoms with Gasteiger partial charge in [0.1, 0.15) is 16.4 Å². The standard InChI is InChI=1S/C24H23Cl2FO2/c1-24(2)19(13-21(25)26)22(24)23(28)29-20-12-15(17-5-3-4-6-18(17)20)11-14-7-9-16(27)10-8-14/h3-10,13,15,19-20,22H,11-12H2,1-2H3. The smallest absolute Gasteiger partial charge is 0.310 e. The van der Waals surface area contributed by atoms with Crippen molar-refractivity contribution in [3.8, 4) is 0 Å². The third-order valence-electron chi connectivity index (χ3n) is 6.41. The molecule has 5 heteroatoms. The minimum Gasteiger partial charge on any atom is -0.457 e. The molecule has 2 nitrogen and oxygen atoms in total. The molecule has 2 aromatic rings. The highest BCUT2D eigenvalue weighted by Gasteiger charge is 2.62. The predicted molar refractivity (Wildman–Crippen MR) is 113 cm³/mol. The highest BCUT2D eigenvalue weighted by Crippen LogP contribution is 2.60. The number of halogens is 3. The van der Waals surface area contributed by atoms with Crippen LogP contribution in [-0.2, 0) is 16.0 Å². The average Bonchev–Trinajstić information content (AvgIpc) is 3.03. The van der Waals surface area contributed by atoms with Crippen LogP contribution >= 0.6 is 23.2 Å². The molecule has 0 N–H and O–H groups in total. The van der Waals surface area contributed by atoms with E-state index in [0.717, 1.165) is 24.0 Å². The Morgan fingerprint density at radius 2 is 1.79 bits per heavy atom. The maximum atomic E-state index is 13.2. The van der Waals surface area contributed by atoms with Gasteiger partial charge in [-0.1, -0.05) is 73.4 Å². The second-order valence-electron chi connectivity index (χ2n) is 8.60. The number of benzene rings is 2. The molecule has 0 aliphatic heterocycles. The number of ether oxygens (including phenoxy) is 1. The molecule has 152 valence electrons. The first-order chi connectivity index (χ1) is 13.8. The second kappa shape index (κ2) is 7.77. The number of carbonyl (C=O) groups is 1. The summed E-state index contributed by atoms with van der Waals surface area (Å²) in [5, 5.41) is 0. The van der Waals surface area contributed by atoms with Crippen molar-refractivity contribution in [2.75, 3.05) is 0 Å². The normalized spacial score (nSPS) is 26.5. The molecule has 4 rings (SSSR count). The van der Waals surface area contributed by atoms with Gasteiger partial charge in [0.15, 0.2) is 0 Å². The first-order valence-electron chi connectivity index (χ1n) is 9.84. The Labute approximate surface area is 180 Å². The SMILES string of the molecule is CC1(C)C(C=C(Cl)Cl)C1C(=O)OC1CC(Cc2ccc(F)cc2)c2ccccc21. The van der Waals surface area contributed by atoms with Gasteiger partial charge < -0.3 is 4.74 Å². The van der Waals surface area contributed by atoms with Gasteiger partial charge in [-0.2, -0.15) is 0 Å². The summed E-state index contributed by atoms with van der Waals surface area (Å²) in [6, 6.07) is 14.7. The monoisotopic (exact) mass is 432 g/mol. The van der Waals surface area contributed by atoms with Crippen molar-refractivity contribution in [3.63, 3.8) is 0 Å². The number of rotatable bonds is 5. The zero-order valence-electron chi connectivity index (χ0n) is 16.4. The number of esters is 1. The van der Waals surface area contributed by atoms with Gasteiger partial charge in [-0.15, -0.1) is 0 Å². The summed E-state index contributed by atoms with van der Waals surface area (Å²) >= 11 is 11.6. The largest absolute Gasteiger partial charge is 0.457 e. The molecule has 2 aliphatic rings. The molecule has 0 heterocycles. The highest BCUT2D eigenvalue weighted by atomic mass is 35.5. The van der Waals surface area contributed by atoms with E-state index in [1.165, 1.54) is 17.7 Å². The van der Waals surface area contributed by atoms with E-state index in [0.29, 0.717) is 0 Å². The summed E-state index contributed by atoms with van der Waals surface area (Å²) in [5.41, 5.74) is 3.12. The molecule has 4 unspecified atom stereocenters. The van der Waals surface area contributed by atoms with Crippen molar-refractivity contribution >= 4 is 29.2 Å². The van der Waals surface area contributed by atoms with E-state index in [1.807, 2.05) is 44.2 Å². The van der Waals surface area contributed by atoms with Crippen molar-refractivity contribution in [3.05, 3.63) is 81.6 Å². The van der Waals surface area contributed by atoms with Crippen LogP contribution in [0, 0.1) is 23.1 Å². The first kappa shape index (κ1) is 20.4. The van der Waals surface area contributed by atoms with Gasteiger partial charge in [-0.05, 0) is 65.0 Å². The molecule has 29 heavy (non-hydrogen) atoms. The van der Waals surface area contributed by atoms with Gasteiger partial charge in [0.05, 0.1) is 5.92 Å². The minimum absolute atomic E-state index is 0.00772. The Hall–Kier alpha value is -1.84. The van der Waals surface area contributed by atoms with Crippen LogP contribution in [0.25, 0.3) is 0 Å². The molecule has 0 spiro atoms. The van der Waals surface area contributed by atoms with Crippen molar-refractivity contribution in [2.45, 2.75) is 38.7 Å². The first-order valence-corrected chi connectivity index (χ1v) is 10.6. The van der Waals surface area contributed by atoms with Crippen molar-refractivity contribution in [1.82, 2.24) is 0 Å². The molecule has 1 saturated carbocycles. The quantitative estimate of drug-likeness (QED) is 0.489. The van der Waals surface area contributed by atoms with E-state index in [9.17, 15) is 9.18 Å². The van der Waals surface area contributed by atoms with Gasteiger partial charge in [0.2, 0.25) is 0 Å². The highest BCUT2D eigenvalue weighted by molar-refractivity contribution is 6.55. The Bertz CT molecular complexity index is 948. The lowest BCUT2D eigenvalue weighted by Crippen LogP contribution is -2.14. The fourth-order valence-electron chi connectivity index (χ4n) is 4.69. The van der Waals surface area contributed by atoms with E-state index in [4.69, 9.17) is 27.9 Å². The van der Waals surface area contributed by atoms with Crippen LogP contribution in [0.4, 0.5) is 4.39 Å². The van der Waals surface area contributed by atoms with Crippen LogP contribution in [0.5, 0.6) is 0 Å². The molecule has 4 atom stereocenters. The van der Waals surface area contributed by atoms with Crippen LogP contribution in [0.3, 0.4) is 0 Å². The Kier molecular flexibility index (Phi) is 5.48. The van der Waals surface area contributed by atoms with Gasteiger partial charge >= 0.3 is 5.97 Å². The molecule has 2 aromatic carbocycles. The zero-order chi connectivity index (χ0) is 20.8. The van der Waals surface area contributed by atoms with Crippen molar-refractivity contribution in [2.24, 2.45) is 17.3 Å². The van der Waals surface area contributed by atoms with E-state index in [2.05, 4.69) is 6.07 Å². The fraction of sp³-hybridized carbons (Fsp3) is 0.375. The summed E-state index contributed by atoms with van der Waals surface area (Å²) in [4.78, 5) is 12.9. The number of carbonyl (C=O) groups excluding carboxylic acids is 1. The van der Waals surface area contributed by atoms with Crippen molar-refractivity contribution < 1.29 is 13.9 Å². The molecular weight excluding hydrogens is 410 g/mol. The van der Waals surface area contributed by atoms with Crippen LogP contribution in [0.2, 0.25) is 0 Å². The molecule has 0 radical (unpaired) electrons. The van der Waals surface area contributed by atoms with Crippen LogP contribution in [-0.4, -0.2) is 5.97 Å². The van der Waals surface area contributed by atoms with E-state index >= 15 is 0 Å². The maximum Gasteiger partial charge on any atom is 0.310 e. The van der Waals surface area contributed by atoms with Gasteiger partial charge in [-0.3, -0.25) is 4.79 Å². The lowest BCUT2D eigenvalue weighted by molar-refractivity contribution is -0.152. The Morgan fingerprint density at radius 1 is 1.14 bits per heavy atom. The molecule has 0 aromatic heterocycles. The number of hydrogen-bond donors (Lipinski definition) is 0. The molecule has 0 amide bonds.